The van der Waals surface area contributed by atoms with Crippen molar-refractivity contribution in [2.45, 2.75) is 71.5 Å². The topological polar surface area (TPSA) is 80.6 Å². The van der Waals surface area contributed by atoms with Gasteiger partial charge >= 0.3 is 18.1 Å². The number of anilines is 1. The maximum absolute atomic E-state index is 13.6. The second-order valence-corrected chi connectivity index (χ2v) is 10.7. The minimum Gasteiger partial charge on any atom is -0.478 e. The van der Waals surface area contributed by atoms with E-state index in [1.165, 1.54) is 18.2 Å². The molecule has 44 heavy (non-hydrogen) atoms. The first-order valence-corrected chi connectivity index (χ1v) is 15.1. The molecule has 1 unspecified atom stereocenters. The number of ether oxygens (including phenoxy) is 1. The van der Waals surface area contributed by atoms with Crippen LogP contribution < -0.4 is 5.32 Å². The number of alkyl halides is 3. The van der Waals surface area contributed by atoms with Gasteiger partial charge in [-0.05, 0) is 80.1 Å². The zero-order chi connectivity index (χ0) is 32.3. The van der Waals surface area contributed by atoms with Crippen molar-refractivity contribution in [2.75, 3.05) is 11.9 Å². The molecular weight excluding hydrogens is 593 g/mol. The van der Waals surface area contributed by atoms with Crippen LogP contribution in [-0.4, -0.2) is 28.2 Å². The summed E-state index contributed by atoms with van der Waals surface area (Å²) in [5.41, 5.74) is 2.14. The highest BCUT2D eigenvalue weighted by Crippen LogP contribution is 2.36. The van der Waals surface area contributed by atoms with E-state index in [1.54, 1.807) is 44.2 Å². The van der Waals surface area contributed by atoms with Crippen LogP contribution in [0, 0.1) is 0 Å². The summed E-state index contributed by atoms with van der Waals surface area (Å²) in [5.74, 6) is -1.13. The minimum atomic E-state index is -4.47. The molecule has 0 amide bonds. The Hall–Kier alpha value is -3.98. The fourth-order valence-electron chi connectivity index (χ4n) is 4.82. The van der Waals surface area contributed by atoms with Crippen molar-refractivity contribution >= 4 is 40.1 Å². The molecule has 0 aliphatic rings. The summed E-state index contributed by atoms with van der Waals surface area (Å²) in [6.07, 6.45) is 0.874. The van der Waals surface area contributed by atoms with E-state index in [9.17, 15) is 27.9 Å². The molecule has 0 spiro atoms. The molecule has 4 rings (SSSR count). The van der Waals surface area contributed by atoms with E-state index in [1.807, 2.05) is 16.7 Å². The van der Waals surface area contributed by atoms with Gasteiger partial charge in [0.1, 0.15) is 0 Å². The van der Waals surface area contributed by atoms with Gasteiger partial charge in [0.15, 0.2) is 0 Å². The second-order valence-electron chi connectivity index (χ2n) is 10.2. The summed E-state index contributed by atoms with van der Waals surface area (Å²) < 4.78 is 47.1. The molecule has 0 aliphatic carbocycles. The molecule has 2 N–H and O–H groups in total. The van der Waals surface area contributed by atoms with Crippen LogP contribution >= 0.6 is 11.6 Å². The van der Waals surface area contributed by atoms with Gasteiger partial charge in [-0.3, -0.25) is 4.79 Å². The highest BCUT2D eigenvalue weighted by Gasteiger charge is 2.31. The quantitative estimate of drug-likeness (QED) is 0.120. The first kappa shape index (κ1) is 34.5. The van der Waals surface area contributed by atoms with Crippen LogP contribution in [0.5, 0.6) is 0 Å². The predicted molar refractivity (Wildman–Crippen MR) is 169 cm³/mol. The molecule has 0 radical (unpaired) electrons. The van der Waals surface area contributed by atoms with Crippen LogP contribution in [0.2, 0.25) is 5.02 Å². The Morgan fingerprint density at radius 2 is 1.68 bits per heavy atom. The van der Waals surface area contributed by atoms with Crippen molar-refractivity contribution in [1.29, 1.82) is 0 Å². The molecule has 10 heteroatoms. The Kier molecular flexibility index (Phi) is 12.7. The van der Waals surface area contributed by atoms with Gasteiger partial charge in [-0.25, -0.2) is 4.79 Å². The molecule has 1 heterocycles. The fraction of sp³-hybridized carbons (Fsp3) is 0.353. The van der Waals surface area contributed by atoms with Crippen LogP contribution in [0.25, 0.3) is 16.6 Å². The number of carboxylic acid groups (broad SMARTS) is 1. The van der Waals surface area contributed by atoms with Crippen LogP contribution in [-0.2, 0) is 15.7 Å². The van der Waals surface area contributed by atoms with Crippen molar-refractivity contribution in [3.63, 3.8) is 0 Å². The summed E-state index contributed by atoms with van der Waals surface area (Å²) in [6.45, 7) is 6.20. The zero-order valence-electron chi connectivity index (χ0n) is 25.1. The van der Waals surface area contributed by atoms with E-state index in [4.69, 9.17) is 11.6 Å². The smallest absolute Gasteiger partial charge is 0.416 e. The van der Waals surface area contributed by atoms with Gasteiger partial charge in [-0.1, -0.05) is 57.2 Å². The number of esters is 1. The van der Waals surface area contributed by atoms with Gasteiger partial charge < -0.3 is 19.7 Å². The summed E-state index contributed by atoms with van der Waals surface area (Å²) in [5, 5.41) is 14.1. The maximum Gasteiger partial charge on any atom is 0.416 e. The summed E-state index contributed by atoms with van der Waals surface area (Å²) >= 11 is 6.26. The van der Waals surface area contributed by atoms with Crippen molar-refractivity contribution in [3.05, 3.63) is 94.6 Å². The number of aromatic carboxylic acids is 1. The molecule has 1 aromatic heterocycles. The van der Waals surface area contributed by atoms with Crippen molar-refractivity contribution in [2.24, 2.45) is 0 Å². The van der Waals surface area contributed by atoms with Gasteiger partial charge in [0.25, 0.3) is 0 Å². The number of benzene rings is 3. The molecule has 0 bridgehead atoms. The monoisotopic (exact) mass is 630 g/mol. The van der Waals surface area contributed by atoms with Crippen LogP contribution in [0.4, 0.5) is 18.9 Å². The molecular formula is C34H38ClF3N2O4. The molecule has 0 aliphatic heterocycles. The zero-order valence-corrected chi connectivity index (χ0v) is 25.8. The Bertz CT molecular complexity index is 1530. The number of unbranched alkanes of at least 4 members (excludes halogenated alkanes) is 3. The molecule has 0 saturated heterocycles. The molecule has 6 nitrogen and oxygen atoms in total. The van der Waals surface area contributed by atoms with Crippen LogP contribution in [0.3, 0.4) is 0 Å². The molecule has 3 aromatic carbocycles. The van der Waals surface area contributed by atoms with E-state index in [0.717, 1.165) is 66.5 Å². The highest BCUT2D eigenvalue weighted by molar-refractivity contribution is 6.31. The third-order valence-corrected chi connectivity index (χ3v) is 7.23. The number of halogens is 4. The van der Waals surface area contributed by atoms with E-state index in [-0.39, 0.29) is 17.6 Å². The lowest BCUT2D eigenvalue weighted by molar-refractivity contribution is -0.142. The maximum atomic E-state index is 13.6. The number of carbonyl (C=O) groups excluding carboxylic acids is 1. The Morgan fingerprint density at radius 3 is 2.27 bits per heavy atom. The third-order valence-electron chi connectivity index (χ3n) is 6.99. The Morgan fingerprint density at radius 1 is 0.955 bits per heavy atom. The van der Waals surface area contributed by atoms with E-state index < -0.39 is 17.7 Å². The number of carbonyl (C=O) groups is 2. The first-order valence-electron chi connectivity index (χ1n) is 14.7. The normalized spacial score (nSPS) is 11.9. The molecule has 1 atom stereocenters. The van der Waals surface area contributed by atoms with Crippen LogP contribution in [0.15, 0.2) is 72.8 Å². The number of nitrogens with one attached hydrogen (secondary N) is 1. The number of fused-ring (bicyclic) bond motifs is 1. The minimum absolute atomic E-state index is 0.123. The third kappa shape index (κ3) is 9.51. The van der Waals surface area contributed by atoms with Gasteiger partial charge in [-0.15, -0.1) is 0 Å². The lowest BCUT2D eigenvalue weighted by Crippen LogP contribution is -2.16. The predicted octanol–water partition coefficient (Wildman–Crippen LogP) is 10.1. The van der Waals surface area contributed by atoms with Gasteiger partial charge in [0.2, 0.25) is 0 Å². The number of aromatic nitrogens is 1. The lowest BCUT2D eigenvalue weighted by Gasteiger charge is -2.23. The number of rotatable bonds is 12. The number of carboxylic acids is 1. The molecule has 0 saturated carbocycles. The van der Waals surface area contributed by atoms with E-state index in [2.05, 4.69) is 17.0 Å². The fourth-order valence-corrected chi connectivity index (χ4v) is 5.00. The number of nitrogens with zero attached hydrogens (tertiary/aromatic N) is 1. The lowest BCUT2D eigenvalue weighted by atomic mass is 10.0. The summed E-state index contributed by atoms with van der Waals surface area (Å²) in [7, 11) is 0. The molecule has 4 aromatic rings. The van der Waals surface area contributed by atoms with Crippen LogP contribution in [0.1, 0.15) is 87.0 Å². The van der Waals surface area contributed by atoms with Crippen molar-refractivity contribution in [1.82, 2.24) is 4.57 Å². The largest absolute Gasteiger partial charge is 0.478 e. The van der Waals surface area contributed by atoms with E-state index in [0.29, 0.717) is 23.7 Å². The molecule has 236 valence electrons. The average Bonchev–Trinajstić information content (AvgIpc) is 3.37. The first-order chi connectivity index (χ1) is 21.0. The van der Waals surface area contributed by atoms with Crippen molar-refractivity contribution in [3.8, 4) is 5.69 Å². The number of hydrogen-bond acceptors (Lipinski definition) is 4. The summed E-state index contributed by atoms with van der Waals surface area (Å²) in [4.78, 5) is 21.5. The molecule has 0 fully saturated rings. The SMILES string of the molecule is CCCCCCC(Nc1ccc(C(=O)O)cc1)c1cc2cc(Cl)ccc2n1-c1cccc(C(F)(F)F)c1.CCOC(=O)CC. The standard InChI is InChI=1S/C29H28ClF3N2O2.C5H10O2/c1-2-3-4-5-9-25(34-23-13-10-19(11-14-23)28(36)37)27-17-20-16-22(30)12-15-26(20)35(27)24-8-6-7-21(18-24)29(31,32)33;1-3-5(6)7-4-2/h6-8,10-18,25,34H,2-5,9H2,1H3,(H,36,37);3-4H2,1-2H3. The van der Waals surface area contributed by atoms with Crippen molar-refractivity contribution < 1.29 is 32.6 Å². The average molecular weight is 631 g/mol. The Labute approximate surface area is 260 Å². The second kappa shape index (κ2) is 16.2. The van der Waals surface area contributed by atoms with Gasteiger partial charge in [0.05, 0.1) is 29.3 Å². The summed E-state index contributed by atoms with van der Waals surface area (Å²) in [6, 6.07) is 18.8. The number of hydrogen-bond donors (Lipinski definition) is 2. The van der Waals surface area contributed by atoms with E-state index >= 15 is 0 Å². The Balaban J connectivity index is 0.000000676. The van der Waals surface area contributed by atoms with Gasteiger partial charge in [-0.2, -0.15) is 13.2 Å². The van der Waals surface area contributed by atoms with Gasteiger partial charge in [0, 0.05) is 33.9 Å². The highest BCUT2D eigenvalue weighted by atomic mass is 35.5.